The van der Waals surface area contributed by atoms with Crippen molar-refractivity contribution in [2.45, 2.75) is 12.6 Å². The molecule has 1 aromatic heterocycles. The first kappa shape index (κ1) is 15.7. The number of imidazole rings is 1. The maximum Gasteiger partial charge on any atom is 0.142 e. The summed E-state index contributed by atoms with van der Waals surface area (Å²) in [5, 5.41) is 5.14. The van der Waals surface area contributed by atoms with Crippen molar-refractivity contribution in [3.8, 4) is 5.75 Å². The van der Waals surface area contributed by atoms with Crippen molar-refractivity contribution >= 4 is 17.3 Å². The highest BCUT2D eigenvalue weighted by Gasteiger charge is 2.28. The van der Waals surface area contributed by atoms with Gasteiger partial charge in [0, 0.05) is 23.0 Å². The number of ether oxygens (including phenoxy) is 1. The summed E-state index contributed by atoms with van der Waals surface area (Å²) in [4.78, 5) is 9.76. The highest BCUT2D eigenvalue weighted by molar-refractivity contribution is 6.30. The number of para-hydroxylation sites is 1. The first-order valence-corrected chi connectivity index (χ1v) is 8.33. The average Bonchev–Trinajstić information content (AvgIpc) is 3.18. The fourth-order valence-electron chi connectivity index (χ4n) is 2.78. The highest BCUT2D eigenvalue weighted by atomic mass is 35.5. The summed E-state index contributed by atoms with van der Waals surface area (Å²) in [7, 11) is 0. The van der Waals surface area contributed by atoms with Gasteiger partial charge in [-0.1, -0.05) is 41.0 Å². The lowest BCUT2D eigenvalue weighted by molar-refractivity contribution is 0.127. The lowest BCUT2D eigenvalue weighted by Gasteiger charge is -2.27. The zero-order valence-corrected chi connectivity index (χ0v) is 14.1. The smallest absolute Gasteiger partial charge is 0.142 e. The highest BCUT2D eigenvalue weighted by Crippen LogP contribution is 2.30. The molecule has 25 heavy (non-hydrogen) atoms. The number of aromatic nitrogens is 2. The quantitative estimate of drug-likeness (QED) is 0.664. The van der Waals surface area contributed by atoms with Crippen molar-refractivity contribution in [1.82, 2.24) is 9.55 Å². The molecule has 1 aliphatic rings. The Labute approximate surface area is 150 Å². The van der Waals surface area contributed by atoms with Crippen LogP contribution >= 0.6 is 11.6 Å². The van der Waals surface area contributed by atoms with Crippen LogP contribution in [0.1, 0.15) is 17.2 Å². The second kappa shape index (κ2) is 6.99. The van der Waals surface area contributed by atoms with Crippen molar-refractivity contribution in [1.29, 1.82) is 0 Å². The van der Waals surface area contributed by atoms with Crippen LogP contribution in [0.25, 0.3) is 0 Å². The summed E-state index contributed by atoms with van der Waals surface area (Å²) in [5.41, 5.74) is 2.77. The van der Waals surface area contributed by atoms with E-state index in [1.54, 1.807) is 12.5 Å². The Morgan fingerprint density at radius 3 is 2.84 bits per heavy atom. The monoisotopic (exact) mass is 353 g/mol. The van der Waals surface area contributed by atoms with Crippen molar-refractivity contribution in [2.75, 3.05) is 6.61 Å². The topological polar surface area (TPSA) is 48.6 Å². The summed E-state index contributed by atoms with van der Waals surface area (Å²) in [6.45, 7) is 0.858. The van der Waals surface area contributed by atoms with Gasteiger partial charge in [-0.2, -0.15) is 0 Å². The van der Waals surface area contributed by atoms with Crippen LogP contribution in [0.5, 0.6) is 5.75 Å². The lowest BCUT2D eigenvalue weighted by Crippen LogP contribution is -2.30. The van der Waals surface area contributed by atoms with Gasteiger partial charge >= 0.3 is 0 Å². The second-order valence-electron chi connectivity index (χ2n) is 5.71. The molecule has 2 aromatic carbocycles. The first-order chi connectivity index (χ1) is 12.3. The fourth-order valence-corrected chi connectivity index (χ4v) is 2.91. The van der Waals surface area contributed by atoms with Crippen LogP contribution < -0.4 is 4.74 Å². The molecule has 0 saturated carbocycles. The van der Waals surface area contributed by atoms with E-state index in [0.717, 1.165) is 22.6 Å². The standard InChI is InChI=1S/C19H16ClN3O2/c20-15-7-5-14(6-8-15)11-25-22-19-16-3-1-2-4-18(16)24-12-17(19)23-10-9-21-13-23/h1-10,13,17H,11-12H2/b22-19+. The van der Waals surface area contributed by atoms with E-state index >= 15 is 0 Å². The molecule has 1 aliphatic heterocycles. The van der Waals surface area contributed by atoms with Crippen LogP contribution in [0.2, 0.25) is 5.02 Å². The van der Waals surface area contributed by atoms with Gasteiger partial charge in [0.2, 0.25) is 0 Å². The van der Waals surface area contributed by atoms with E-state index in [2.05, 4.69) is 10.1 Å². The minimum atomic E-state index is -0.0809. The molecule has 0 aliphatic carbocycles. The molecule has 1 unspecified atom stereocenters. The maximum absolute atomic E-state index is 5.91. The van der Waals surface area contributed by atoms with E-state index in [0.29, 0.717) is 18.2 Å². The molecule has 2 heterocycles. The van der Waals surface area contributed by atoms with Gasteiger partial charge in [0.15, 0.2) is 0 Å². The molecule has 0 fully saturated rings. The molecular formula is C19H16ClN3O2. The Balaban J connectivity index is 1.61. The van der Waals surface area contributed by atoms with Gasteiger partial charge in [0.05, 0.1) is 6.33 Å². The van der Waals surface area contributed by atoms with Crippen molar-refractivity contribution in [3.05, 3.63) is 83.4 Å². The number of benzene rings is 2. The van der Waals surface area contributed by atoms with E-state index in [1.807, 2.05) is 59.3 Å². The summed E-state index contributed by atoms with van der Waals surface area (Å²) in [5.74, 6) is 0.813. The number of rotatable bonds is 4. The van der Waals surface area contributed by atoms with Gasteiger partial charge in [-0.05, 0) is 29.8 Å². The molecule has 5 nitrogen and oxygen atoms in total. The Bertz CT molecular complexity index is 876. The molecule has 4 rings (SSSR count). The zero-order chi connectivity index (χ0) is 17.1. The lowest BCUT2D eigenvalue weighted by atomic mass is 10.00. The molecule has 0 N–H and O–H groups in total. The van der Waals surface area contributed by atoms with Gasteiger partial charge in [-0.25, -0.2) is 4.98 Å². The van der Waals surface area contributed by atoms with Crippen LogP contribution in [0.4, 0.5) is 0 Å². The Hall–Kier alpha value is -2.79. The average molecular weight is 354 g/mol. The third-order valence-corrected chi connectivity index (χ3v) is 4.32. The van der Waals surface area contributed by atoms with Crippen molar-refractivity contribution < 1.29 is 9.57 Å². The van der Waals surface area contributed by atoms with Crippen LogP contribution in [-0.4, -0.2) is 21.9 Å². The molecule has 0 bridgehead atoms. The molecule has 0 amide bonds. The van der Waals surface area contributed by atoms with E-state index in [4.69, 9.17) is 21.2 Å². The Kier molecular flexibility index (Phi) is 4.39. The van der Waals surface area contributed by atoms with E-state index in [9.17, 15) is 0 Å². The number of oxime groups is 1. The molecular weight excluding hydrogens is 338 g/mol. The number of halogens is 1. The molecule has 1 atom stereocenters. The summed E-state index contributed by atoms with van der Waals surface area (Å²) < 4.78 is 7.84. The fraction of sp³-hybridized carbons (Fsp3) is 0.158. The molecule has 0 saturated heterocycles. The Morgan fingerprint density at radius 1 is 1.20 bits per heavy atom. The first-order valence-electron chi connectivity index (χ1n) is 7.95. The summed E-state index contributed by atoms with van der Waals surface area (Å²) in [6.07, 6.45) is 5.40. The summed E-state index contributed by atoms with van der Waals surface area (Å²) in [6, 6.07) is 15.3. The normalized spacial score (nSPS) is 17.8. The predicted molar refractivity (Wildman–Crippen MR) is 96.0 cm³/mol. The maximum atomic E-state index is 5.91. The molecule has 126 valence electrons. The number of nitrogens with zero attached hydrogens (tertiary/aromatic N) is 3. The SMILES string of the molecule is Clc1ccc(CO/N=C2\c3ccccc3OCC2n2ccnc2)cc1. The largest absolute Gasteiger partial charge is 0.490 e. The third-order valence-electron chi connectivity index (χ3n) is 4.07. The third kappa shape index (κ3) is 3.37. The molecule has 0 spiro atoms. The summed E-state index contributed by atoms with van der Waals surface area (Å²) >= 11 is 5.91. The van der Waals surface area contributed by atoms with Crippen LogP contribution in [0.15, 0.2) is 72.4 Å². The van der Waals surface area contributed by atoms with Crippen molar-refractivity contribution in [2.24, 2.45) is 5.16 Å². The number of fused-ring (bicyclic) bond motifs is 1. The Morgan fingerprint density at radius 2 is 2.04 bits per heavy atom. The molecule has 6 heteroatoms. The van der Waals surface area contributed by atoms with Gasteiger partial charge in [-0.3, -0.25) is 0 Å². The van der Waals surface area contributed by atoms with Crippen LogP contribution in [-0.2, 0) is 11.4 Å². The van der Waals surface area contributed by atoms with Crippen molar-refractivity contribution in [3.63, 3.8) is 0 Å². The number of hydrogen-bond donors (Lipinski definition) is 0. The van der Waals surface area contributed by atoms with Gasteiger partial charge in [-0.15, -0.1) is 0 Å². The molecule has 3 aromatic rings. The minimum absolute atomic E-state index is 0.0809. The molecule has 0 radical (unpaired) electrons. The zero-order valence-electron chi connectivity index (χ0n) is 13.4. The van der Waals surface area contributed by atoms with E-state index in [1.165, 1.54) is 0 Å². The number of hydrogen-bond acceptors (Lipinski definition) is 4. The van der Waals surface area contributed by atoms with E-state index < -0.39 is 0 Å². The van der Waals surface area contributed by atoms with E-state index in [-0.39, 0.29) is 6.04 Å². The van der Waals surface area contributed by atoms with Gasteiger partial charge in [0.1, 0.15) is 30.7 Å². The predicted octanol–water partition coefficient (Wildman–Crippen LogP) is 4.09. The van der Waals surface area contributed by atoms with Gasteiger partial charge in [0.25, 0.3) is 0 Å². The van der Waals surface area contributed by atoms with Gasteiger partial charge < -0.3 is 14.1 Å². The second-order valence-corrected chi connectivity index (χ2v) is 6.15. The van der Waals surface area contributed by atoms with Crippen LogP contribution in [0, 0.1) is 0 Å². The minimum Gasteiger partial charge on any atom is -0.490 e. The van der Waals surface area contributed by atoms with Crippen LogP contribution in [0.3, 0.4) is 0 Å².